The van der Waals surface area contributed by atoms with Gasteiger partial charge in [-0.25, -0.2) is 0 Å². The molecule has 2 aliphatic rings. The van der Waals surface area contributed by atoms with E-state index in [1.807, 2.05) is 71.9 Å². The van der Waals surface area contributed by atoms with E-state index >= 15 is 0 Å². The van der Waals surface area contributed by atoms with Crippen LogP contribution in [0.25, 0.3) is 0 Å². The maximum Gasteiger partial charge on any atom is 0.308 e. The van der Waals surface area contributed by atoms with Crippen molar-refractivity contribution in [2.24, 2.45) is 17.8 Å². The molecular formula is C37H57N5O7. The molecule has 6 atom stereocenters. The Bertz CT molecular complexity index is 1320. The first kappa shape index (κ1) is 39.5. The van der Waals surface area contributed by atoms with Gasteiger partial charge in [0.05, 0.1) is 6.42 Å². The Morgan fingerprint density at radius 3 is 2.10 bits per heavy atom. The number of amides is 5. The van der Waals surface area contributed by atoms with E-state index in [1.165, 1.54) is 14.7 Å². The SMILES string of the molecule is CC[C@H](C)[C@H]1C(=O)N(C)[C@@H](CC(C)C)C(=O)NCCC(=O)O[C@@H](CC(C)C)C(=O)N2CCC[C@H]2C(=O)N[C@@H](Cc2ccccc2)C(=O)N1C. The fourth-order valence-corrected chi connectivity index (χ4v) is 6.70. The van der Waals surface area contributed by atoms with Crippen molar-refractivity contribution in [3.05, 3.63) is 35.9 Å². The van der Waals surface area contributed by atoms with Gasteiger partial charge in [0.15, 0.2) is 6.10 Å². The zero-order chi connectivity index (χ0) is 36.4. The van der Waals surface area contributed by atoms with Crippen LogP contribution < -0.4 is 10.6 Å². The normalized spacial score (nSPS) is 26.2. The summed E-state index contributed by atoms with van der Waals surface area (Å²) in [5.41, 5.74) is 0.813. The highest BCUT2D eigenvalue weighted by Crippen LogP contribution is 2.24. The number of cyclic esters (lactones) is 1. The molecule has 2 heterocycles. The maximum absolute atomic E-state index is 14.4. The maximum atomic E-state index is 14.4. The number of hydrogen-bond acceptors (Lipinski definition) is 7. The van der Waals surface area contributed by atoms with Crippen LogP contribution in [0.4, 0.5) is 0 Å². The summed E-state index contributed by atoms with van der Waals surface area (Å²) in [6.07, 6.45) is 1.07. The van der Waals surface area contributed by atoms with Crippen LogP contribution in [0.1, 0.15) is 85.6 Å². The molecule has 1 aromatic carbocycles. The average molecular weight is 684 g/mol. The summed E-state index contributed by atoms with van der Waals surface area (Å²) in [6.45, 7) is 11.8. The predicted octanol–water partition coefficient (Wildman–Crippen LogP) is 2.93. The van der Waals surface area contributed by atoms with E-state index in [4.69, 9.17) is 4.74 Å². The van der Waals surface area contributed by atoms with E-state index in [1.54, 1.807) is 14.1 Å². The summed E-state index contributed by atoms with van der Waals surface area (Å²) in [7, 11) is 3.14. The monoisotopic (exact) mass is 683 g/mol. The van der Waals surface area contributed by atoms with Crippen LogP contribution in [0.15, 0.2) is 30.3 Å². The van der Waals surface area contributed by atoms with Gasteiger partial charge in [-0.2, -0.15) is 0 Å². The lowest BCUT2D eigenvalue weighted by atomic mass is 9.93. The van der Waals surface area contributed by atoms with Crippen LogP contribution in [0.3, 0.4) is 0 Å². The summed E-state index contributed by atoms with van der Waals surface area (Å²) >= 11 is 0. The number of hydrogen-bond donors (Lipinski definition) is 2. The van der Waals surface area contributed by atoms with Gasteiger partial charge in [-0.15, -0.1) is 0 Å². The van der Waals surface area contributed by atoms with Gasteiger partial charge in [0.25, 0.3) is 5.91 Å². The van der Waals surface area contributed by atoms with E-state index in [-0.39, 0.29) is 43.6 Å². The zero-order valence-electron chi connectivity index (χ0n) is 30.6. The Balaban J connectivity index is 2.10. The molecule has 49 heavy (non-hydrogen) atoms. The summed E-state index contributed by atoms with van der Waals surface area (Å²) < 4.78 is 5.69. The number of ether oxygens (including phenoxy) is 1. The van der Waals surface area contributed by atoms with Crippen LogP contribution in [0, 0.1) is 17.8 Å². The van der Waals surface area contributed by atoms with Gasteiger partial charge < -0.3 is 30.1 Å². The van der Waals surface area contributed by atoms with Crippen molar-refractivity contribution >= 4 is 35.5 Å². The van der Waals surface area contributed by atoms with Crippen molar-refractivity contribution in [3.8, 4) is 0 Å². The van der Waals surface area contributed by atoms with E-state index < -0.39 is 65.8 Å². The highest BCUT2D eigenvalue weighted by Gasteiger charge is 2.42. The lowest BCUT2D eigenvalue weighted by molar-refractivity contribution is -0.162. The smallest absolute Gasteiger partial charge is 0.308 e. The van der Waals surface area contributed by atoms with E-state index in [0.717, 1.165) is 5.56 Å². The Morgan fingerprint density at radius 1 is 0.837 bits per heavy atom. The fourth-order valence-electron chi connectivity index (χ4n) is 6.70. The van der Waals surface area contributed by atoms with Crippen molar-refractivity contribution < 1.29 is 33.5 Å². The summed E-state index contributed by atoms with van der Waals surface area (Å²) in [6, 6.07) is 5.63. The van der Waals surface area contributed by atoms with Gasteiger partial charge >= 0.3 is 5.97 Å². The molecule has 272 valence electrons. The Kier molecular flexibility index (Phi) is 14.6. The molecule has 5 amide bonds. The van der Waals surface area contributed by atoms with Gasteiger partial charge in [-0.3, -0.25) is 28.8 Å². The zero-order valence-corrected chi connectivity index (χ0v) is 30.6. The number of rotatable bonds is 8. The standard InChI is InChI=1S/C37H57N5O7/c1-9-25(6)32-37(48)40(7)29(20-23(2)3)33(44)38-18-17-31(43)49-30(21-24(4)5)36(47)42-19-13-16-28(42)34(45)39-27(35(46)41(32)8)22-26-14-11-10-12-15-26/h10-12,14-15,23-25,27-30,32H,9,13,16-22H2,1-8H3,(H,38,44)(H,39,45)/t25-,27-,28-,29-,30-,32-/m0/s1. The second-order valence-corrected chi connectivity index (χ2v) is 14.5. The van der Waals surface area contributed by atoms with E-state index in [9.17, 15) is 28.8 Å². The second-order valence-electron chi connectivity index (χ2n) is 14.5. The molecule has 0 aliphatic carbocycles. The number of esters is 1. The number of likely N-dealkylation sites (N-methyl/N-ethyl adjacent to an activating group) is 2. The number of nitrogens with one attached hydrogen (secondary N) is 2. The molecule has 2 saturated heterocycles. The molecule has 1 aromatic rings. The molecule has 12 nitrogen and oxygen atoms in total. The molecule has 2 fully saturated rings. The molecule has 0 aromatic heterocycles. The largest absolute Gasteiger partial charge is 0.452 e. The lowest BCUT2D eigenvalue weighted by Gasteiger charge is -2.38. The molecule has 3 rings (SSSR count). The molecule has 0 bridgehead atoms. The van der Waals surface area contributed by atoms with Crippen molar-refractivity contribution in [2.75, 3.05) is 27.2 Å². The van der Waals surface area contributed by atoms with Gasteiger partial charge in [0, 0.05) is 33.6 Å². The fraction of sp³-hybridized carbons (Fsp3) is 0.676. The van der Waals surface area contributed by atoms with Crippen LogP contribution in [0.2, 0.25) is 0 Å². The first-order chi connectivity index (χ1) is 23.2. The Labute approximate surface area is 291 Å². The topological polar surface area (TPSA) is 145 Å². The van der Waals surface area contributed by atoms with Gasteiger partial charge in [0.2, 0.25) is 23.6 Å². The Morgan fingerprint density at radius 2 is 1.49 bits per heavy atom. The van der Waals surface area contributed by atoms with Gasteiger partial charge in [-0.1, -0.05) is 78.3 Å². The minimum Gasteiger partial charge on any atom is -0.452 e. The first-order valence-electron chi connectivity index (χ1n) is 17.8. The summed E-state index contributed by atoms with van der Waals surface area (Å²) in [5.74, 6) is -3.03. The average Bonchev–Trinajstić information content (AvgIpc) is 3.55. The van der Waals surface area contributed by atoms with Crippen LogP contribution in [-0.2, 0) is 39.9 Å². The second kappa shape index (κ2) is 18.2. The number of benzene rings is 1. The van der Waals surface area contributed by atoms with Crippen molar-refractivity contribution in [3.63, 3.8) is 0 Å². The number of carbonyl (C=O) groups is 6. The van der Waals surface area contributed by atoms with Gasteiger partial charge in [0.1, 0.15) is 24.2 Å². The third-order valence-corrected chi connectivity index (χ3v) is 9.61. The third kappa shape index (κ3) is 10.5. The highest BCUT2D eigenvalue weighted by molar-refractivity contribution is 5.96. The summed E-state index contributed by atoms with van der Waals surface area (Å²) in [5, 5.41) is 5.73. The number of carbonyl (C=O) groups excluding carboxylic acids is 6. The molecule has 2 N–H and O–H groups in total. The van der Waals surface area contributed by atoms with E-state index in [0.29, 0.717) is 32.2 Å². The molecule has 0 unspecified atom stereocenters. The molecule has 0 radical (unpaired) electrons. The van der Waals surface area contributed by atoms with Crippen LogP contribution >= 0.6 is 0 Å². The van der Waals surface area contributed by atoms with Crippen molar-refractivity contribution in [1.82, 2.24) is 25.3 Å². The molecule has 12 heteroatoms. The predicted molar refractivity (Wildman–Crippen MR) is 186 cm³/mol. The first-order valence-corrected chi connectivity index (χ1v) is 17.8. The molecule has 2 aliphatic heterocycles. The lowest BCUT2D eigenvalue weighted by Crippen LogP contribution is -2.60. The van der Waals surface area contributed by atoms with Crippen LogP contribution in [0.5, 0.6) is 0 Å². The molecule has 0 saturated carbocycles. The summed E-state index contributed by atoms with van der Waals surface area (Å²) in [4.78, 5) is 87.5. The van der Waals surface area contributed by atoms with Crippen LogP contribution in [-0.4, -0.2) is 108 Å². The number of nitrogens with zero attached hydrogens (tertiary/aromatic N) is 3. The highest BCUT2D eigenvalue weighted by atomic mass is 16.5. The minimum absolute atomic E-state index is 0.0182. The van der Waals surface area contributed by atoms with Gasteiger partial charge in [-0.05, 0) is 49.0 Å². The minimum atomic E-state index is -1.10. The molecular weight excluding hydrogens is 626 g/mol. The van der Waals surface area contributed by atoms with E-state index in [2.05, 4.69) is 10.6 Å². The number of fused-ring (bicyclic) bond motifs is 1. The quantitative estimate of drug-likeness (QED) is 0.401. The van der Waals surface area contributed by atoms with Crippen molar-refractivity contribution in [2.45, 2.75) is 117 Å². The third-order valence-electron chi connectivity index (χ3n) is 9.61. The Hall–Kier alpha value is -3.96. The van der Waals surface area contributed by atoms with Crippen molar-refractivity contribution in [1.29, 1.82) is 0 Å². The molecule has 0 spiro atoms.